The third-order valence-corrected chi connectivity index (χ3v) is 2.95. The van der Waals surface area contributed by atoms with Gasteiger partial charge in [0.05, 0.1) is 6.61 Å². The van der Waals surface area contributed by atoms with E-state index >= 15 is 0 Å². The molecule has 102 valence electrons. The Morgan fingerprint density at radius 3 is 2.95 bits per heavy atom. The van der Waals surface area contributed by atoms with Gasteiger partial charge in [0.1, 0.15) is 17.9 Å². The number of benzene rings is 1. The van der Waals surface area contributed by atoms with Crippen molar-refractivity contribution in [3.8, 4) is 5.75 Å². The molecule has 1 atom stereocenters. The number of aryl methyl sites for hydroxylation is 1. The normalized spacial score (nSPS) is 12.6. The molecule has 2 N–H and O–H groups in total. The maximum Gasteiger partial charge on any atom is 0.145 e. The van der Waals surface area contributed by atoms with E-state index < -0.39 is 0 Å². The van der Waals surface area contributed by atoms with Gasteiger partial charge >= 0.3 is 0 Å². The molecular formula is C15H20N2O2. The number of hydrogen-bond donors (Lipinski definition) is 2. The van der Waals surface area contributed by atoms with Crippen molar-refractivity contribution in [1.82, 2.24) is 10.3 Å². The third kappa shape index (κ3) is 3.66. The second-order valence-corrected chi connectivity index (χ2v) is 4.67. The average molecular weight is 260 g/mol. The van der Waals surface area contributed by atoms with Crippen LogP contribution in [0.15, 0.2) is 30.3 Å². The maximum atomic E-state index is 8.91. The van der Waals surface area contributed by atoms with Gasteiger partial charge in [-0.3, -0.25) is 0 Å². The Kier molecular flexibility index (Phi) is 4.71. The lowest BCUT2D eigenvalue weighted by molar-refractivity contribution is 0.239. The van der Waals surface area contributed by atoms with E-state index in [-0.39, 0.29) is 12.6 Å². The van der Waals surface area contributed by atoms with Gasteiger partial charge in [-0.1, -0.05) is 18.2 Å². The van der Waals surface area contributed by atoms with Crippen LogP contribution in [0.3, 0.4) is 0 Å². The predicted octanol–water partition coefficient (Wildman–Crippen LogP) is 1.89. The first-order chi connectivity index (χ1) is 9.20. The molecule has 0 aliphatic heterocycles. The van der Waals surface area contributed by atoms with Crippen LogP contribution in [-0.2, 0) is 0 Å². The molecule has 19 heavy (non-hydrogen) atoms. The van der Waals surface area contributed by atoms with Gasteiger partial charge in [0, 0.05) is 23.7 Å². The number of nitrogens with one attached hydrogen (secondary N) is 1. The van der Waals surface area contributed by atoms with E-state index in [4.69, 9.17) is 9.84 Å². The van der Waals surface area contributed by atoms with E-state index in [0.717, 1.165) is 22.3 Å². The lowest BCUT2D eigenvalue weighted by atomic mass is 10.2. The Labute approximate surface area is 113 Å². The van der Waals surface area contributed by atoms with Gasteiger partial charge < -0.3 is 15.2 Å². The Hall–Kier alpha value is -1.65. The highest BCUT2D eigenvalue weighted by Gasteiger charge is 2.04. The van der Waals surface area contributed by atoms with Gasteiger partial charge in [-0.2, -0.15) is 0 Å². The molecule has 0 saturated heterocycles. The number of ether oxygens (including phenoxy) is 1. The van der Waals surface area contributed by atoms with Crippen molar-refractivity contribution in [2.45, 2.75) is 19.9 Å². The summed E-state index contributed by atoms with van der Waals surface area (Å²) in [6, 6.07) is 10.1. The number of aliphatic hydroxyl groups excluding tert-OH is 1. The summed E-state index contributed by atoms with van der Waals surface area (Å²) in [6.45, 7) is 5.29. The number of hydrogen-bond acceptors (Lipinski definition) is 4. The fourth-order valence-electron chi connectivity index (χ4n) is 1.86. The van der Waals surface area contributed by atoms with E-state index in [1.807, 2.05) is 38.1 Å². The SMILES string of the molecule is Cc1ccc2cccc(OCCNC(C)CO)c2n1. The van der Waals surface area contributed by atoms with E-state index in [1.165, 1.54) is 0 Å². The molecule has 0 saturated carbocycles. The first-order valence-corrected chi connectivity index (χ1v) is 6.54. The molecule has 0 amide bonds. The molecule has 0 bridgehead atoms. The molecule has 1 heterocycles. The Balaban J connectivity index is 2.02. The number of rotatable bonds is 6. The molecule has 0 radical (unpaired) electrons. The number of aromatic nitrogens is 1. The van der Waals surface area contributed by atoms with Crippen LogP contribution in [0.2, 0.25) is 0 Å². The molecular weight excluding hydrogens is 240 g/mol. The summed E-state index contributed by atoms with van der Waals surface area (Å²) in [6.07, 6.45) is 0. The van der Waals surface area contributed by atoms with Gasteiger partial charge in [0.25, 0.3) is 0 Å². The third-order valence-electron chi connectivity index (χ3n) is 2.95. The summed E-state index contributed by atoms with van der Waals surface area (Å²) in [7, 11) is 0. The summed E-state index contributed by atoms with van der Waals surface area (Å²) >= 11 is 0. The number of aliphatic hydroxyl groups is 1. The van der Waals surface area contributed by atoms with Crippen molar-refractivity contribution in [3.63, 3.8) is 0 Å². The van der Waals surface area contributed by atoms with Crippen LogP contribution in [0.1, 0.15) is 12.6 Å². The molecule has 0 fully saturated rings. The summed E-state index contributed by atoms with van der Waals surface area (Å²) in [5.74, 6) is 0.805. The highest BCUT2D eigenvalue weighted by Crippen LogP contribution is 2.23. The second-order valence-electron chi connectivity index (χ2n) is 4.67. The number of pyridine rings is 1. The Morgan fingerprint density at radius 2 is 2.16 bits per heavy atom. The first kappa shape index (κ1) is 13.8. The molecule has 4 heteroatoms. The van der Waals surface area contributed by atoms with Gasteiger partial charge in [-0.15, -0.1) is 0 Å². The molecule has 1 aromatic carbocycles. The monoisotopic (exact) mass is 260 g/mol. The summed E-state index contributed by atoms with van der Waals surface area (Å²) < 4.78 is 5.76. The van der Waals surface area contributed by atoms with Gasteiger partial charge in [-0.25, -0.2) is 4.98 Å². The number of fused-ring (bicyclic) bond motifs is 1. The van der Waals surface area contributed by atoms with Gasteiger partial charge in [-0.05, 0) is 26.0 Å². The molecule has 0 spiro atoms. The minimum Gasteiger partial charge on any atom is -0.490 e. The van der Waals surface area contributed by atoms with Crippen molar-refractivity contribution in [2.24, 2.45) is 0 Å². The van der Waals surface area contributed by atoms with Crippen LogP contribution in [0.25, 0.3) is 10.9 Å². The second kappa shape index (κ2) is 6.50. The first-order valence-electron chi connectivity index (χ1n) is 6.54. The van der Waals surface area contributed by atoms with Crippen LogP contribution in [0.5, 0.6) is 5.75 Å². The van der Waals surface area contributed by atoms with Crippen molar-refractivity contribution >= 4 is 10.9 Å². The zero-order valence-corrected chi connectivity index (χ0v) is 11.4. The van der Waals surface area contributed by atoms with Crippen LogP contribution in [-0.4, -0.2) is 35.9 Å². The van der Waals surface area contributed by atoms with Crippen LogP contribution < -0.4 is 10.1 Å². The van der Waals surface area contributed by atoms with Crippen molar-refractivity contribution in [3.05, 3.63) is 36.0 Å². The lowest BCUT2D eigenvalue weighted by Crippen LogP contribution is -2.32. The number of para-hydroxylation sites is 1. The molecule has 1 aromatic heterocycles. The maximum absolute atomic E-state index is 8.91. The smallest absolute Gasteiger partial charge is 0.145 e. The summed E-state index contributed by atoms with van der Waals surface area (Å²) in [4.78, 5) is 4.52. The molecule has 4 nitrogen and oxygen atoms in total. The molecule has 2 rings (SSSR count). The van der Waals surface area contributed by atoms with Gasteiger partial charge in [0.15, 0.2) is 0 Å². The fraction of sp³-hybridized carbons (Fsp3) is 0.400. The highest BCUT2D eigenvalue weighted by molar-refractivity contribution is 5.84. The van der Waals surface area contributed by atoms with Crippen LogP contribution in [0, 0.1) is 6.92 Å². The highest BCUT2D eigenvalue weighted by atomic mass is 16.5. The van der Waals surface area contributed by atoms with E-state index in [2.05, 4.69) is 16.4 Å². The zero-order valence-electron chi connectivity index (χ0n) is 11.4. The van der Waals surface area contributed by atoms with E-state index in [1.54, 1.807) is 0 Å². The summed E-state index contributed by atoms with van der Waals surface area (Å²) in [5, 5.41) is 13.2. The zero-order chi connectivity index (χ0) is 13.7. The Morgan fingerprint density at radius 1 is 1.32 bits per heavy atom. The van der Waals surface area contributed by atoms with E-state index in [9.17, 15) is 0 Å². The van der Waals surface area contributed by atoms with E-state index in [0.29, 0.717) is 13.2 Å². The standard InChI is InChI=1S/C15H20N2O2/c1-11-6-7-13-4-3-5-14(15(13)17-11)19-9-8-16-12(2)10-18/h3-7,12,16,18H,8-10H2,1-2H3. The Bertz CT molecular complexity index is 543. The largest absolute Gasteiger partial charge is 0.490 e. The predicted molar refractivity (Wildman–Crippen MR) is 76.5 cm³/mol. The van der Waals surface area contributed by atoms with Crippen molar-refractivity contribution < 1.29 is 9.84 Å². The van der Waals surface area contributed by atoms with Crippen molar-refractivity contribution in [2.75, 3.05) is 19.8 Å². The molecule has 2 aromatic rings. The van der Waals surface area contributed by atoms with Crippen LogP contribution >= 0.6 is 0 Å². The number of nitrogens with zero attached hydrogens (tertiary/aromatic N) is 1. The summed E-state index contributed by atoms with van der Waals surface area (Å²) in [5.41, 5.74) is 1.88. The molecule has 0 aliphatic rings. The molecule has 0 aliphatic carbocycles. The van der Waals surface area contributed by atoms with Crippen molar-refractivity contribution in [1.29, 1.82) is 0 Å². The molecule has 1 unspecified atom stereocenters. The fourth-order valence-corrected chi connectivity index (χ4v) is 1.86. The quantitative estimate of drug-likeness (QED) is 0.779. The minimum absolute atomic E-state index is 0.0940. The topological polar surface area (TPSA) is 54.4 Å². The lowest BCUT2D eigenvalue weighted by Gasteiger charge is -2.12. The minimum atomic E-state index is 0.0940. The average Bonchev–Trinajstić information content (AvgIpc) is 2.43. The van der Waals surface area contributed by atoms with Gasteiger partial charge in [0.2, 0.25) is 0 Å². The van der Waals surface area contributed by atoms with Crippen LogP contribution in [0.4, 0.5) is 0 Å².